The van der Waals surface area contributed by atoms with Gasteiger partial charge >= 0.3 is 5.97 Å². The van der Waals surface area contributed by atoms with Crippen molar-refractivity contribution in [2.75, 3.05) is 18.9 Å². The molecular weight excluding hydrogens is 318 g/mol. The van der Waals surface area contributed by atoms with Gasteiger partial charge in [-0.1, -0.05) is 6.07 Å². The van der Waals surface area contributed by atoms with Crippen molar-refractivity contribution < 1.29 is 14.7 Å². The Labute approximate surface area is 147 Å². The van der Waals surface area contributed by atoms with Crippen LogP contribution >= 0.6 is 0 Å². The second kappa shape index (κ2) is 8.94. The van der Waals surface area contributed by atoms with E-state index in [9.17, 15) is 9.59 Å². The predicted octanol–water partition coefficient (Wildman–Crippen LogP) is 3.19. The van der Waals surface area contributed by atoms with Crippen LogP contribution in [0, 0.1) is 0 Å². The fourth-order valence-corrected chi connectivity index (χ4v) is 2.80. The van der Waals surface area contributed by atoms with Crippen LogP contribution in [-0.4, -0.2) is 40.5 Å². The zero-order valence-corrected chi connectivity index (χ0v) is 14.5. The molecule has 6 heteroatoms. The highest BCUT2D eigenvalue weighted by Gasteiger charge is 2.21. The van der Waals surface area contributed by atoms with Crippen molar-refractivity contribution in [3.05, 3.63) is 59.9 Å². The third-order valence-corrected chi connectivity index (χ3v) is 4.04. The smallest absolute Gasteiger partial charge is 0.335 e. The average molecular weight is 341 g/mol. The molecule has 2 N–H and O–H groups in total. The van der Waals surface area contributed by atoms with Crippen LogP contribution in [0.1, 0.15) is 41.7 Å². The van der Waals surface area contributed by atoms with Gasteiger partial charge in [-0.3, -0.25) is 14.7 Å². The topological polar surface area (TPSA) is 82.5 Å². The zero-order valence-electron chi connectivity index (χ0n) is 14.5. The number of anilines is 1. The molecule has 3 rings (SSSR count). The summed E-state index contributed by atoms with van der Waals surface area (Å²) in [5.74, 6) is -1.16. The van der Waals surface area contributed by atoms with E-state index in [1.165, 1.54) is 44.0 Å². The van der Waals surface area contributed by atoms with Crippen molar-refractivity contribution in [1.29, 1.82) is 0 Å². The maximum absolute atomic E-state index is 10.6. The van der Waals surface area contributed by atoms with Gasteiger partial charge < -0.3 is 10.4 Å². The number of nitrogens with one attached hydrogen (secondary N) is 1. The molecule has 6 nitrogen and oxygen atoms in total. The maximum atomic E-state index is 10.6. The molecule has 1 saturated heterocycles. The van der Waals surface area contributed by atoms with E-state index in [4.69, 9.17) is 5.11 Å². The highest BCUT2D eigenvalue weighted by molar-refractivity contribution is 5.91. The number of hydrogen-bond acceptors (Lipinski definition) is 4. The molecular formula is C19H23N3O3. The summed E-state index contributed by atoms with van der Waals surface area (Å²) in [5, 5.41) is 11.1. The summed E-state index contributed by atoms with van der Waals surface area (Å²) in [6, 6.07) is 10.8. The van der Waals surface area contributed by atoms with E-state index in [1.54, 1.807) is 12.1 Å². The van der Waals surface area contributed by atoms with Crippen LogP contribution in [0.25, 0.3) is 0 Å². The summed E-state index contributed by atoms with van der Waals surface area (Å²) in [7, 11) is 2.19. The zero-order chi connectivity index (χ0) is 18.2. The lowest BCUT2D eigenvalue weighted by atomic mass is 10.1. The molecule has 0 radical (unpaired) electrons. The Morgan fingerprint density at radius 2 is 1.96 bits per heavy atom. The first-order chi connectivity index (χ1) is 12.0. The quantitative estimate of drug-likeness (QED) is 0.896. The summed E-state index contributed by atoms with van der Waals surface area (Å²) >= 11 is 0. The molecule has 0 spiro atoms. The van der Waals surface area contributed by atoms with Crippen molar-refractivity contribution in [3.63, 3.8) is 0 Å². The van der Waals surface area contributed by atoms with Crippen molar-refractivity contribution in [2.45, 2.75) is 25.8 Å². The number of carboxylic acids is 1. The fourth-order valence-electron chi connectivity index (χ4n) is 2.80. The Morgan fingerprint density at radius 1 is 1.24 bits per heavy atom. The van der Waals surface area contributed by atoms with Crippen molar-refractivity contribution in [2.24, 2.45) is 0 Å². The van der Waals surface area contributed by atoms with Gasteiger partial charge in [0.2, 0.25) is 5.91 Å². The van der Waals surface area contributed by atoms with Gasteiger partial charge in [-0.05, 0) is 62.3 Å². The van der Waals surface area contributed by atoms with Gasteiger partial charge in [-0.15, -0.1) is 0 Å². The summed E-state index contributed by atoms with van der Waals surface area (Å²) < 4.78 is 0. The largest absolute Gasteiger partial charge is 0.478 e. The lowest BCUT2D eigenvalue weighted by Gasteiger charge is -2.18. The molecule has 1 aromatic heterocycles. The number of aromatic nitrogens is 1. The first kappa shape index (κ1) is 18.6. The molecule has 132 valence electrons. The Bertz CT molecular complexity index is 702. The van der Waals surface area contributed by atoms with Gasteiger partial charge in [-0.25, -0.2) is 4.79 Å². The Kier molecular flexibility index (Phi) is 6.65. The van der Waals surface area contributed by atoms with E-state index >= 15 is 0 Å². The number of likely N-dealkylation sites (tertiary alicyclic amines) is 1. The van der Waals surface area contributed by atoms with Gasteiger partial charge in [0.1, 0.15) is 0 Å². The van der Waals surface area contributed by atoms with E-state index < -0.39 is 5.97 Å². The van der Waals surface area contributed by atoms with E-state index in [1.807, 2.05) is 18.5 Å². The molecule has 0 bridgehead atoms. The molecule has 0 aliphatic carbocycles. The fraction of sp³-hybridized carbons (Fsp3) is 0.316. The van der Waals surface area contributed by atoms with Gasteiger partial charge in [-0.2, -0.15) is 0 Å². The van der Waals surface area contributed by atoms with Crippen molar-refractivity contribution in [3.8, 4) is 0 Å². The third-order valence-electron chi connectivity index (χ3n) is 4.04. The van der Waals surface area contributed by atoms with Crippen LogP contribution in [0.4, 0.5) is 5.69 Å². The summed E-state index contributed by atoms with van der Waals surface area (Å²) in [6.07, 6.45) is 6.41. The highest BCUT2D eigenvalue weighted by atomic mass is 16.4. The minimum Gasteiger partial charge on any atom is -0.478 e. The summed E-state index contributed by atoms with van der Waals surface area (Å²) in [5.41, 5.74) is 2.16. The minimum atomic E-state index is -0.977. The van der Waals surface area contributed by atoms with E-state index in [0.29, 0.717) is 11.7 Å². The van der Waals surface area contributed by atoms with Crippen molar-refractivity contribution >= 4 is 17.6 Å². The third kappa shape index (κ3) is 5.69. The number of aromatic carboxylic acids is 1. The molecule has 25 heavy (non-hydrogen) atoms. The number of carbonyl (C=O) groups excluding carboxylic acids is 1. The molecule has 2 heterocycles. The van der Waals surface area contributed by atoms with Gasteiger partial charge in [0.15, 0.2) is 0 Å². The number of benzene rings is 1. The monoisotopic (exact) mass is 341 g/mol. The molecule has 1 amide bonds. The second-order valence-corrected chi connectivity index (χ2v) is 5.99. The Morgan fingerprint density at radius 3 is 2.44 bits per heavy atom. The molecule has 1 aromatic carbocycles. The molecule has 1 atom stereocenters. The Balaban J connectivity index is 0.000000181. The van der Waals surface area contributed by atoms with Crippen LogP contribution in [0.5, 0.6) is 0 Å². The SMILES string of the molecule is CC(=O)Nc1ccc(C(=O)O)cc1.CN1CCC[C@H]1c1cccnc1. The van der Waals surface area contributed by atoms with Crippen LogP contribution in [0.3, 0.4) is 0 Å². The number of hydrogen-bond donors (Lipinski definition) is 2. The number of nitrogens with zero attached hydrogens (tertiary/aromatic N) is 2. The van der Waals surface area contributed by atoms with Gasteiger partial charge in [0, 0.05) is 31.0 Å². The standard InChI is InChI=1S/C10H14N2.C9H9NO3/c1-12-7-3-5-10(12)9-4-2-6-11-8-9;1-6(11)10-8-4-2-7(3-5-8)9(12)13/h2,4,6,8,10H,3,5,7H2,1H3;2-5H,1H3,(H,10,11)(H,12,13)/t10-;/m0./s1. The van der Waals surface area contributed by atoms with Crippen LogP contribution < -0.4 is 5.32 Å². The summed E-state index contributed by atoms with van der Waals surface area (Å²) in [6.45, 7) is 2.62. The highest BCUT2D eigenvalue weighted by Crippen LogP contribution is 2.29. The normalized spacial score (nSPS) is 16.6. The van der Waals surface area contributed by atoms with Crippen LogP contribution in [-0.2, 0) is 4.79 Å². The lowest BCUT2D eigenvalue weighted by Crippen LogP contribution is -2.17. The van der Waals surface area contributed by atoms with Gasteiger partial charge in [0.25, 0.3) is 0 Å². The summed E-state index contributed by atoms with van der Waals surface area (Å²) in [4.78, 5) is 27.6. The number of rotatable bonds is 3. The second-order valence-electron chi connectivity index (χ2n) is 5.99. The number of pyridine rings is 1. The first-order valence-corrected chi connectivity index (χ1v) is 8.18. The lowest BCUT2D eigenvalue weighted by molar-refractivity contribution is -0.114. The first-order valence-electron chi connectivity index (χ1n) is 8.18. The van der Waals surface area contributed by atoms with E-state index in [0.717, 1.165) is 0 Å². The van der Waals surface area contributed by atoms with Crippen molar-refractivity contribution in [1.82, 2.24) is 9.88 Å². The maximum Gasteiger partial charge on any atom is 0.335 e. The minimum absolute atomic E-state index is 0.178. The van der Waals surface area contributed by atoms with Gasteiger partial charge in [0.05, 0.1) is 5.56 Å². The molecule has 2 aromatic rings. The molecule has 1 aliphatic rings. The van der Waals surface area contributed by atoms with E-state index in [-0.39, 0.29) is 11.5 Å². The van der Waals surface area contributed by atoms with Crippen LogP contribution in [0.2, 0.25) is 0 Å². The Hall–Kier alpha value is -2.73. The van der Waals surface area contributed by atoms with Crippen LogP contribution in [0.15, 0.2) is 48.8 Å². The average Bonchev–Trinajstić information content (AvgIpc) is 3.02. The van der Waals surface area contributed by atoms with E-state index in [2.05, 4.69) is 28.3 Å². The molecule has 0 unspecified atom stereocenters. The number of carboxylic acid groups (broad SMARTS) is 1. The number of amides is 1. The predicted molar refractivity (Wildman–Crippen MR) is 96.5 cm³/mol. The molecule has 1 aliphatic heterocycles. The number of carbonyl (C=O) groups is 2. The molecule has 1 fully saturated rings. The molecule has 0 saturated carbocycles.